The van der Waals surface area contributed by atoms with Crippen LogP contribution < -0.4 is 14.8 Å². The molecule has 2 aromatic carbocycles. The Hall–Kier alpha value is -3.04. The van der Waals surface area contributed by atoms with Gasteiger partial charge in [-0.15, -0.1) is 0 Å². The molecular weight excluding hydrogens is 369 g/mol. The third kappa shape index (κ3) is 3.74. The summed E-state index contributed by atoms with van der Waals surface area (Å²) in [7, 11) is 0. The Morgan fingerprint density at radius 2 is 1.96 bits per heavy atom. The molecule has 0 fully saturated rings. The number of halogens is 2. The van der Waals surface area contributed by atoms with Crippen LogP contribution in [0.4, 0.5) is 15.8 Å². The van der Waals surface area contributed by atoms with Gasteiger partial charge in [-0.25, -0.2) is 4.39 Å². The van der Waals surface area contributed by atoms with Gasteiger partial charge in [0.1, 0.15) is 17.4 Å². The molecule has 0 atom stereocenters. The second-order valence-electron chi connectivity index (χ2n) is 5.57. The highest BCUT2D eigenvalue weighted by Gasteiger charge is 2.17. The van der Waals surface area contributed by atoms with Crippen molar-refractivity contribution in [2.24, 2.45) is 0 Å². The SMILES string of the molecule is CCOc1ccc2c(Nc3ccc(F)c(Cl)c3)c(C#N)cnc2c1OCC. The minimum Gasteiger partial charge on any atom is -0.490 e. The topological polar surface area (TPSA) is 67.2 Å². The van der Waals surface area contributed by atoms with Gasteiger partial charge in [0.2, 0.25) is 0 Å². The van der Waals surface area contributed by atoms with E-state index in [-0.39, 0.29) is 5.02 Å². The zero-order chi connectivity index (χ0) is 19.4. The van der Waals surface area contributed by atoms with Crippen molar-refractivity contribution in [1.82, 2.24) is 4.98 Å². The fourth-order valence-electron chi connectivity index (χ4n) is 2.71. The largest absolute Gasteiger partial charge is 0.490 e. The lowest BCUT2D eigenvalue weighted by Gasteiger charge is -2.16. The smallest absolute Gasteiger partial charge is 0.187 e. The average molecular weight is 386 g/mol. The number of benzene rings is 2. The van der Waals surface area contributed by atoms with Crippen LogP contribution >= 0.6 is 11.6 Å². The summed E-state index contributed by atoms with van der Waals surface area (Å²) < 4.78 is 24.8. The molecule has 27 heavy (non-hydrogen) atoms. The Morgan fingerprint density at radius 3 is 2.63 bits per heavy atom. The quantitative estimate of drug-likeness (QED) is 0.612. The van der Waals surface area contributed by atoms with Gasteiger partial charge in [0.25, 0.3) is 0 Å². The molecular formula is C20H17ClFN3O2. The molecule has 1 aromatic heterocycles. The zero-order valence-electron chi connectivity index (χ0n) is 14.8. The number of nitrogens with one attached hydrogen (secondary N) is 1. The number of pyridine rings is 1. The molecule has 3 rings (SSSR count). The van der Waals surface area contributed by atoms with E-state index < -0.39 is 5.82 Å². The molecule has 1 heterocycles. The maximum Gasteiger partial charge on any atom is 0.187 e. The summed E-state index contributed by atoms with van der Waals surface area (Å²) >= 11 is 5.87. The Balaban J connectivity index is 2.19. The first kappa shape index (κ1) is 18.7. The molecule has 0 saturated carbocycles. The highest BCUT2D eigenvalue weighted by molar-refractivity contribution is 6.31. The van der Waals surface area contributed by atoms with Gasteiger partial charge in [0, 0.05) is 17.3 Å². The first-order valence-corrected chi connectivity index (χ1v) is 8.80. The second-order valence-corrected chi connectivity index (χ2v) is 5.97. The molecule has 7 heteroatoms. The Kier molecular flexibility index (Phi) is 5.63. The molecule has 0 aliphatic carbocycles. The highest BCUT2D eigenvalue weighted by Crippen LogP contribution is 2.39. The number of nitrogens with zero attached hydrogens (tertiary/aromatic N) is 2. The Bertz CT molecular complexity index is 1030. The zero-order valence-corrected chi connectivity index (χ0v) is 15.6. The van der Waals surface area contributed by atoms with Crippen LogP contribution in [0.25, 0.3) is 10.9 Å². The van der Waals surface area contributed by atoms with Gasteiger partial charge in [-0.05, 0) is 44.2 Å². The predicted octanol–water partition coefficient (Wildman–Crippen LogP) is 5.44. The van der Waals surface area contributed by atoms with E-state index in [9.17, 15) is 9.65 Å². The number of anilines is 2. The third-order valence-electron chi connectivity index (χ3n) is 3.85. The molecule has 0 amide bonds. The number of rotatable bonds is 6. The van der Waals surface area contributed by atoms with Crippen molar-refractivity contribution in [3.05, 3.63) is 52.9 Å². The molecule has 0 spiro atoms. The minimum absolute atomic E-state index is 0.00879. The van der Waals surface area contributed by atoms with Crippen molar-refractivity contribution in [3.63, 3.8) is 0 Å². The number of hydrogen-bond donors (Lipinski definition) is 1. The van der Waals surface area contributed by atoms with Crippen LogP contribution in [0.2, 0.25) is 5.02 Å². The first-order valence-electron chi connectivity index (χ1n) is 8.42. The molecule has 0 radical (unpaired) electrons. The van der Waals surface area contributed by atoms with Gasteiger partial charge < -0.3 is 14.8 Å². The van der Waals surface area contributed by atoms with Crippen LogP contribution in [-0.2, 0) is 0 Å². The molecule has 0 saturated heterocycles. The second kappa shape index (κ2) is 8.11. The van der Waals surface area contributed by atoms with Gasteiger partial charge in [-0.1, -0.05) is 11.6 Å². The van der Waals surface area contributed by atoms with Gasteiger partial charge >= 0.3 is 0 Å². The van der Waals surface area contributed by atoms with E-state index in [4.69, 9.17) is 21.1 Å². The summed E-state index contributed by atoms with van der Waals surface area (Å²) in [4.78, 5) is 4.39. The molecule has 0 aliphatic rings. The highest BCUT2D eigenvalue weighted by atomic mass is 35.5. The number of nitriles is 1. The maximum atomic E-state index is 13.4. The van der Waals surface area contributed by atoms with Crippen LogP contribution in [-0.4, -0.2) is 18.2 Å². The molecule has 0 bridgehead atoms. The molecule has 1 N–H and O–H groups in total. The van der Waals surface area contributed by atoms with Crippen LogP contribution in [0.15, 0.2) is 36.5 Å². The third-order valence-corrected chi connectivity index (χ3v) is 4.14. The van der Waals surface area contributed by atoms with E-state index in [1.54, 1.807) is 12.1 Å². The van der Waals surface area contributed by atoms with Crippen molar-refractivity contribution < 1.29 is 13.9 Å². The van der Waals surface area contributed by atoms with Crippen molar-refractivity contribution in [2.45, 2.75) is 13.8 Å². The van der Waals surface area contributed by atoms with Crippen molar-refractivity contribution in [3.8, 4) is 17.6 Å². The monoisotopic (exact) mass is 385 g/mol. The average Bonchev–Trinajstić information content (AvgIpc) is 2.67. The van der Waals surface area contributed by atoms with Gasteiger partial charge in [-0.2, -0.15) is 5.26 Å². The van der Waals surface area contributed by atoms with Crippen LogP contribution in [0, 0.1) is 17.1 Å². The van der Waals surface area contributed by atoms with Crippen LogP contribution in [0.5, 0.6) is 11.5 Å². The molecule has 0 unspecified atom stereocenters. The van der Waals surface area contributed by atoms with Crippen molar-refractivity contribution in [2.75, 3.05) is 18.5 Å². The van der Waals surface area contributed by atoms with E-state index in [1.165, 1.54) is 18.3 Å². The summed E-state index contributed by atoms with van der Waals surface area (Å²) in [5.74, 6) is 0.587. The van der Waals surface area contributed by atoms with Crippen LogP contribution in [0.3, 0.4) is 0 Å². The molecule has 0 aliphatic heterocycles. The Labute approximate surface area is 161 Å². The van der Waals surface area contributed by atoms with E-state index in [0.717, 1.165) is 0 Å². The maximum absolute atomic E-state index is 13.4. The molecule has 138 valence electrons. The van der Waals surface area contributed by atoms with E-state index in [2.05, 4.69) is 16.4 Å². The van der Waals surface area contributed by atoms with Crippen molar-refractivity contribution in [1.29, 1.82) is 5.26 Å². The summed E-state index contributed by atoms with van der Waals surface area (Å²) in [6, 6.07) is 9.98. The number of ether oxygens (including phenoxy) is 2. The summed E-state index contributed by atoms with van der Waals surface area (Å²) in [5.41, 5.74) is 2.00. The lowest BCUT2D eigenvalue weighted by Crippen LogP contribution is -2.02. The predicted molar refractivity (Wildman–Crippen MR) is 103 cm³/mol. The summed E-state index contributed by atoms with van der Waals surface area (Å²) in [6.07, 6.45) is 1.47. The Morgan fingerprint density at radius 1 is 1.19 bits per heavy atom. The lowest BCUT2D eigenvalue weighted by molar-refractivity contribution is 0.290. The van der Waals surface area contributed by atoms with E-state index in [0.29, 0.717) is 52.6 Å². The van der Waals surface area contributed by atoms with Gasteiger partial charge in [0.15, 0.2) is 11.5 Å². The van der Waals surface area contributed by atoms with E-state index >= 15 is 0 Å². The van der Waals surface area contributed by atoms with Crippen molar-refractivity contribution >= 4 is 33.9 Å². The molecule has 3 aromatic rings. The summed E-state index contributed by atoms with van der Waals surface area (Å²) in [6.45, 7) is 4.69. The lowest BCUT2D eigenvalue weighted by atomic mass is 10.1. The van der Waals surface area contributed by atoms with Gasteiger partial charge in [0.05, 0.1) is 29.5 Å². The number of aromatic nitrogens is 1. The first-order chi connectivity index (χ1) is 13.1. The normalized spacial score (nSPS) is 10.5. The standard InChI is InChI=1S/C20H17ClFN3O2/c1-3-26-17-8-6-14-18(25-13-5-7-16(22)15(21)9-13)12(10-23)11-24-19(14)20(17)27-4-2/h5-9,11H,3-4H2,1-2H3,(H,24,25). The fourth-order valence-corrected chi connectivity index (χ4v) is 2.89. The molecule has 5 nitrogen and oxygen atoms in total. The van der Waals surface area contributed by atoms with E-state index in [1.807, 2.05) is 19.9 Å². The fraction of sp³-hybridized carbons (Fsp3) is 0.200. The minimum atomic E-state index is -0.512. The van der Waals surface area contributed by atoms with Crippen LogP contribution in [0.1, 0.15) is 19.4 Å². The summed E-state index contributed by atoms with van der Waals surface area (Å²) in [5, 5.41) is 13.3. The number of hydrogen-bond acceptors (Lipinski definition) is 5. The van der Waals surface area contributed by atoms with Gasteiger partial charge in [-0.3, -0.25) is 4.98 Å². The number of fused-ring (bicyclic) bond motifs is 1.